The van der Waals surface area contributed by atoms with Crippen molar-refractivity contribution in [2.75, 3.05) is 19.7 Å². The Hall–Kier alpha value is -2.10. The van der Waals surface area contributed by atoms with Crippen molar-refractivity contribution >= 4 is 45.4 Å². The Labute approximate surface area is 269 Å². The number of hydrogen-bond donors (Lipinski definition) is 1. The Kier molecular flexibility index (Phi) is 10.1. The van der Waals surface area contributed by atoms with Crippen LogP contribution in [0.2, 0.25) is 0 Å². The van der Waals surface area contributed by atoms with Crippen molar-refractivity contribution in [3.8, 4) is 0 Å². The third kappa shape index (κ3) is 5.74. The van der Waals surface area contributed by atoms with Gasteiger partial charge in [0.05, 0.1) is 29.2 Å². The molecule has 1 saturated carbocycles. The molecule has 3 heterocycles. The molecule has 4 aliphatic rings. The lowest BCUT2D eigenvalue weighted by molar-refractivity contribution is -0.149. The molecule has 3 amide bonds. The maximum atomic E-state index is 14.9. The van der Waals surface area contributed by atoms with Gasteiger partial charge in [-0.15, -0.1) is 24.9 Å². The minimum Gasteiger partial charge on any atom is -0.394 e. The summed E-state index contributed by atoms with van der Waals surface area (Å²) < 4.78 is -0.754. The molecule has 3 aliphatic heterocycles. The molecule has 1 spiro atoms. The number of nitrogens with zero attached hydrogens (tertiary/aromatic N) is 3. The second-order valence-electron chi connectivity index (χ2n) is 13.0. The van der Waals surface area contributed by atoms with Gasteiger partial charge in [-0.25, -0.2) is 0 Å². The first kappa shape index (κ1) is 32.3. The van der Waals surface area contributed by atoms with Crippen molar-refractivity contribution in [1.82, 2.24) is 14.7 Å². The van der Waals surface area contributed by atoms with Gasteiger partial charge in [0.15, 0.2) is 0 Å². The summed E-state index contributed by atoms with van der Waals surface area (Å²) in [5, 5.41) is 10.5. The minimum atomic E-state index is -0.754. The number of thioether (sulfide) groups is 1. The summed E-state index contributed by atoms with van der Waals surface area (Å²) in [7, 11) is 0. The minimum absolute atomic E-state index is 0.0118. The van der Waals surface area contributed by atoms with Crippen LogP contribution in [0.4, 0.5) is 0 Å². The quantitative estimate of drug-likeness (QED) is 0.249. The number of aliphatic hydroxyl groups excluding tert-OH is 1. The summed E-state index contributed by atoms with van der Waals surface area (Å²) in [5.74, 6) is -1.57. The second kappa shape index (κ2) is 13.5. The van der Waals surface area contributed by atoms with Gasteiger partial charge in [0.2, 0.25) is 17.7 Å². The molecule has 7 atom stereocenters. The zero-order valence-corrected chi connectivity index (χ0v) is 27.8. The zero-order chi connectivity index (χ0) is 30.9. The van der Waals surface area contributed by atoms with Crippen LogP contribution >= 0.6 is 27.7 Å². The monoisotopic (exact) mass is 671 g/mol. The number of halogens is 1. The van der Waals surface area contributed by atoms with E-state index >= 15 is 0 Å². The van der Waals surface area contributed by atoms with Crippen LogP contribution in [-0.2, 0) is 20.9 Å². The van der Waals surface area contributed by atoms with Gasteiger partial charge in [0.25, 0.3) is 0 Å². The van der Waals surface area contributed by atoms with Gasteiger partial charge in [-0.05, 0) is 30.7 Å². The predicted octanol–water partition coefficient (Wildman–Crippen LogP) is 5.03. The maximum absolute atomic E-state index is 14.9. The summed E-state index contributed by atoms with van der Waals surface area (Å²) >= 11 is 5.57. The molecule has 1 aromatic rings. The number of fused-ring (bicyclic) bond motifs is 1. The smallest absolute Gasteiger partial charge is 0.247 e. The molecule has 1 aromatic carbocycles. The first-order chi connectivity index (χ1) is 20.7. The number of aliphatic hydroxyl groups is 1. The van der Waals surface area contributed by atoms with Crippen molar-refractivity contribution in [3.05, 3.63) is 61.2 Å². The second-order valence-corrected chi connectivity index (χ2v) is 15.7. The SMILES string of the molecule is C=CCN(Cc1ccccc1)C(=O)[C@H]1[C@H]2C(=O)N([C@@H](CO)C(C)C)C(C(=O)N(CC=C)C3CCCCC3)C23CC(Br)[C@@H]1S3. The average Bonchev–Trinajstić information content (AvgIpc) is 3.59. The molecular weight excluding hydrogens is 626 g/mol. The summed E-state index contributed by atoms with van der Waals surface area (Å²) in [5.41, 5.74) is 1.01. The van der Waals surface area contributed by atoms with Crippen LogP contribution in [0.1, 0.15) is 57.9 Å². The van der Waals surface area contributed by atoms with E-state index in [1.165, 1.54) is 6.42 Å². The van der Waals surface area contributed by atoms with Gasteiger partial charge in [0, 0.05) is 35.8 Å². The molecule has 3 saturated heterocycles. The Balaban J connectivity index is 1.57. The number of carbonyl (C=O) groups is 3. The van der Waals surface area contributed by atoms with Gasteiger partial charge in [-0.3, -0.25) is 14.4 Å². The van der Waals surface area contributed by atoms with Crippen LogP contribution in [0.3, 0.4) is 0 Å². The summed E-state index contributed by atoms with van der Waals surface area (Å²) in [6.45, 7) is 12.8. The zero-order valence-electron chi connectivity index (χ0n) is 25.4. The van der Waals surface area contributed by atoms with E-state index < -0.39 is 28.7 Å². The summed E-state index contributed by atoms with van der Waals surface area (Å²) in [6.07, 6.45) is 9.35. The third-order valence-electron chi connectivity index (χ3n) is 10.1. The Bertz CT molecular complexity index is 1210. The van der Waals surface area contributed by atoms with E-state index in [1.54, 1.807) is 33.7 Å². The molecule has 7 nitrogen and oxygen atoms in total. The van der Waals surface area contributed by atoms with E-state index in [9.17, 15) is 19.5 Å². The lowest BCUT2D eigenvalue weighted by Gasteiger charge is -2.43. The molecule has 234 valence electrons. The average molecular weight is 673 g/mol. The van der Waals surface area contributed by atoms with Crippen LogP contribution in [0.5, 0.6) is 0 Å². The van der Waals surface area contributed by atoms with Gasteiger partial charge in [0.1, 0.15) is 6.04 Å². The van der Waals surface area contributed by atoms with E-state index in [0.29, 0.717) is 26.1 Å². The van der Waals surface area contributed by atoms with Crippen LogP contribution < -0.4 is 0 Å². The highest BCUT2D eigenvalue weighted by Crippen LogP contribution is 2.68. The van der Waals surface area contributed by atoms with Crippen molar-refractivity contribution in [2.45, 2.75) is 91.9 Å². The fourth-order valence-electron chi connectivity index (χ4n) is 8.12. The Morgan fingerprint density at radius 2 is 1.79 bits per heavy atom. The lowest BCUT2D eigenvalue weighted by atomic mass is 9.70. The van der Waals surface area contributed by atoms with E-state index in [0.717, 1.165) is 31.2 Å². The molecule has 2 bridgehead atoms. The summed E-state index contributed by atoms with van der Waals surface area (Å²) in [4.78, 5) is 49.6. The van der Waals surface area contributed by atoms with Gasteiger partial charge < -0.3 is 19.8 Å². The Morgan fingerprint density at radius 3 is 2.40 bits per heavy atom. The van der Waals surface area contributed by atoms with Gasteiger partial charge in [-0.2, -0.15) is 0 Å². The van der Waals surface area contributed by atoms with E-state index in [-0.39, 0.29) is 46.4 Å². The highest BCUT2D eigenvalue weighted by molar-refractivity contribution is 9.09. The number of benzene rings is 1. The number of rotatable bonds is 12. The Morgan fingerprint density at radius 1 is 1.12 bits per heavy atom. The van der Waals surface area contributed by atoms with Crippen molar-refractivity contribution in [3.63, 3.8) is 0 Å². The molecule has 1 aliphatic carbocycles. The first-order valence-electron chi connectivity index (χ1n) is 15.8. The van der Waals surface area contributed by atoms with Crippen molar-refractivity contribution in [2.24, 2.45) is 17.8 Å². The topological polar surface area (TPSA) is 81.2 Å². The fraction of sp³-hybridized carbons (Fsp3) is 0.618. The van der Waals surface area contributed by atoms with Gasteiger partial charge >= 0.3 is 0 Å². The first-order valence-corrected chi connectivity index (χ1v) is 17.6. The number of amides is 3. The van der Waals surface area contributed by atoms with E-state index in [4.69, 9.17) is 0 Å². The van der Waals surface area contributed by atoms with Crippen LogP contribution in [0.15, 0.2) is 55.6 Å². The molecule has 9 heteroatoms. The number of alkyl halides is 1. The maximum Gasteiger partial charge on any atom is 0.247 e. The van der Waals surface area contributed by atoms with Crippen LogP contribution in [0.25, 0.3) is 0 Å². The molecule has 0 aromatic heterocycles. The number of likely N-dealkylation sites (tertiary alicyclic amines) is 1. The van der Waals surface area contributed by atoms with Crippen LogP contribution in [-0.4, -0.2) is 90.2 Å². The van der Waals surface area contributed by atoms with Crippen molar-refractivity contribution in [1.29, 1.82) is 0 Å². The van der Waals surface area contributed by atoms with E-state index in [2.05, 4.69) is 29.1 Å². The van der Waals surface area contributed by atoms with Crippen LogP contribution in [0, 0.1) is 17.8 Å². The normalized spacial score (nSPS) is 30.8. The molecular formula is C34H46BrN3O4S. The largest absolute Gasteiger partial charge is 0.394 e. The molecule has 5 rings (SSSR count). The van der Waals surface area contributed by atoms with E-state index in [1.807, 2.05) is 49.1 Å². The van der Waals surface area contributed by atoms with Crippen molar-refractivity contribution < 1.29 is 19.5 Å². The number of carbonyl (C=O) groups excluding carboxylic acids is 3. The molecule has 0 radical (unpaired) electrons. The predicted molar refractivity (Wildman–Crippen MR) is 176 cm³/mol. The fourth-order valence-corrected chi connectivity index (χ4v) is 11.7. The lowest BCUT2D eigenvalue weighted by Crippen LogP contribution is -2.60. The summed E-state index contributed by atoms with van der Waals surface area (Å²) in [6, 6.07) is 8.70. The molecule has 4 fully saturated rings. The molecule has 43 heavy (non-hydrogen) atoms. The third-order valence-corrected chi connectivity index (χ3v) is 13.3. The highest BCUT2D eigenvalue weighted by atomic mass is 79.9. The molecule has 3 unspecified atom stereocenters. The highest BCUT2D eigenvalue weighted by Gasteiger charge is 2.76. The van der Waals surface area contributed by atoms with Gasteiger partial charge in [-0.1, -0.05) is 91.5 Å². The standard InChI is InChI=1S/C34H46BrN3O4S/c1-5-17-36(20-23-13-9-7-10-14-23)31(40)27-28-32(41)38(26(21-39)22(3)4)30(34(28)19-25(35)29(27)43-34)33(42)37(18-6-2)24-15-11-8-12-16-24/h5-7,9-10,13-14,22,24-30,39H,1-2,8,11-12,15-21H2,3-4H3/t25?,26-,27-,28-,29-,30?,34?/m0/s1. The molecule has 1 N–H and O–H groups in total. The number of hydrogen-bond acceptors (Lipinski definition) is 5.